The zero-order chi connectivity index (χ0) is 26.1. The molecule has 8 nitrogen and oxygen atoms in total. The van der Waals surface area contributed by atoms with Gasteiger partial charge in [-0.25, -0.2) is 13.4 Å². The molecule has 0 radical (unpaired) electrons. The molecule has 4 aromatic rings. The zero-order valence-electron chi connectivity index (χ0n) is 20.4. The summed E-state index contributed by atoms with van der Waals surface area (Å²) in [6.45, 7) is 7.89. The van der Waals surface area contributed by atoms with E-state index in [-0.39, 0.29) is 24.7 Å². The van der Waals surface area contributed by atoms with Gasteiger partial charge in [-0.05, 0) is 46.5 Å². The molecule has 186 valence electrons. The van der Waals surface area contributed by atoms with E-state index >= 15 is 0 Å². The summed E-state index contributed by atoms with van der Waals surface area (Å²) in [5.74, 6) is 1.21. The normalized spacial score (nSPS) is 10.5. The summed E-state index contributed by atoms with van der Waals surface area (Å²) >= 11 is 5.96. The molecule has 0 saturated heterocycles. The minimum atomic E-state index is -3.42. The van der Waals surface area contributed by atoms with E-state index in [1.54, 1.807) is 30.3 Å². The van der Waals surface area contributed by atoms with Gasteiger partial charge < -0.3 is 23.3 Å². The molecule has 0 atom stereocenters. The van der Waals surface area contributed by atoms with Crippen LogP contribution in [-0.2, 0) is 14.8 Å². The summed E-state index contributed by atoms with van der Waals surface area (Å²) < 4.78 is 35.4. The first kappa shape index (κ1) is 30.1. The van der Waals surface area contributed by atoms with Gasteiger partial charge in [0.2, 0.25) is 10.0 Å². The van der Waals surface area contributed by atoms with Gasteiger partial charge in [-0.1, -0.05) is 49.1 Å². The van der Waals surface area contributed by atoms with Gasteiger partial charge in [-0.2, -0.15) is 0 Å². The van der Waals surface area contributed by atoms with Gasteiger partial charge in [0, 0.05) is 5.75 Å². The van der Waals surface area contributed by atoms with Crippen molar-refractivity contribution in [1.82, 2.24) is 9.97 Å². The molecule has 0 aliphatic heterocycles. The predicted octanol–water partition coefficient (Wildman–Crippen LogP) is 2.46. The van der Waals surface area contributed by atoms with Crippen LogP contribution in [0, 0.1) is 31.2 Å². The molecular formula is C26H22ClLiN4O4S-2. The smallest absolute Gasteiger partial charge is 0.477 e. The van der Waals surface area contributed by atoms with Crippen molar-refractivity contribution in [1.29, 1.82) is 5.26 Å². The van der Waals surface area contributed by atoms with E-state index in [2.05, 4.69) is 39.3 Å². The second-order valence-corrected chi connectivity index (χ2v) is 9.42. The zero-order valence-corrected chi connectivity index (χ0v) is 21.9. The number of fused-ring (bicyclic) bond motifs is 1. The first-order chi connectivity index (χ1) is 17.2. The number of anilines is 1. The Bertz CT molecular complexity index is 1490. The maximum Gasteiger partial charge on any atom is 1.00 e. The Labute approximate surface area is 233 Å². The van der Waals surface area contributed by atoms with Crippen LogP contribution in [0.15, 0.2) is 60.8 Å². The molecule has 0 aliphatic carbocycles. The number of nitrogens with zero attached hydrogens (tertiary/aromatic N) is 3. The van der Waals surface area contributed by atoms with Crippen LogP contribution in [0.3, 0.4) is 0 Å². The van der Waals surface area contributed by atoms with E-state index in [0.717, 1.165) is 17.4 Å². The van der Waals surface area contributed by atoms with E-state index in [4.69, 9.17) is 21.6 Å². The molecule has 3 aromatic carbocycles. The van der Waals surface area contributed by atoms with Crippen molar-refractivity contribution in [3.63, 3.8) is 0 Å². The fourth-order valence-corrected chi connectivity index (χ4v) is 3.70. The second kappa shape index (κ2) is 14.0. The van der Waals surface area contributed by atoms with Crippen molar-refractivity contribution in [3.05, 3.63) is 91.3 Å². The number of ether oxygens (including phenoxy) is 2. The van der Waals surface area contributed by atoms with Crippen molar-refractivity contribution in [2.24, 2.45) is 0 Å². The third kappa shape index (κ3) is 9.36. The molecule has 0 amide bonds. The van der Waals surface area contributed by atoms with Crippen LogP contribution in [-0.4, -0.2) is 37.9 Å². The van der Waals surface area contributed by atoms with E-state index in [1.807, 2.05) is 30.3 Å². The van der Waals surface area contributed by atoms with Crippen molar-refractivity contribution in [2.45, 2.75) is 0 Å². The number of benzene rings is 3. The standard InChI is InChI=1S/C22H14ClN4O3S.C4H8O.Li/c1-31(28,29)27-22-13-25-21-10-16(4-7-20(21)26-22)15-2-5-18(6-3-15)30-19-9-14(12-24)8-17(23)11-19;1-3-5-4-2;/h2-7,9-11,13H,1H3,(H,26,27);1-4H2;/q-1;-2;+1. The van der Waals surface area contributed by atoms with Crippen molar-refractivity contribution >= 4 is 38.5 Å². The average molecular weight is 529 g/mol. The van der Waals surface area contributed by atoms with Crippen molar-refractivity contribution in [2.75, 3.05) is 24.2 Å². The number of aromatic nitrogens is 2. The Morgan fingerprint density at radius 1 is 1.03 bits per heavy atom. The largest absolute Gasteiger partial charge is 1.00 e. The third-order valence-electron chi connectivity index (χ3n) is 4.47. The number of hydrogen-bond donors (Lipinski definition) is 1. The van der Waals surface area contributed by atoms with Crippen LogP contribution in [0.25, 0.3) is 22.2 Å². The molecule has 0 saturated carbocycles. The first-order valence-electron chi connectivity index (χ1n) is 10.5. The van der Waals surface area contributed by atoms with E-state index in [1.165, 1.54) is 6.20 Å². The Hall–Kier alpha value is -3.11. The molecule has 0 unspecified atom stereocenters. The summed E-state index contributed by atoms with van der Waals surface area (Å²) in [7, 11) is -3.42. The number of nitrogens with one attached hydrogen (secondary N) is 1. The second-order valence-electron chi connectivity index (χ2n) is 7.26. The summed E-state index contributed by atoms with van der Waals surface area (Å²) in [6, 6.07) is 20.8. The van der Waals surface area contributed by atoms with Gasteiger partial charge in [0.05, 0.1) is 23.5 Å². The molecule has 0 bridgehead atoms. The monoisotopic (exact) mass is 528 g/mol. The van der Waals surface area contributed by atoms with Crippen LogP contribution in [0.5, 0.6) is 11.5 Å². The Kier molecular flexibility index (Phi) is 11.4. The number of nitriles is 1. The molecule has 1 aromatic heterocycles. The number of hydrogen-bond acceptors (Lipinski definition) is 7. The Morgan fingerprint density at radius 2 is 1.70 bits per heavy atom. The summed E-state index contributed by atoms with van der Waals surface area (Å²) in [5, 5.41) is 9.32. The summed E-state index contributed by atoms with van der Waals surface area (Å²) in [4.78, 5) is 8.56. The fraction of sp³-hybridized carbons (Fsp3) is 0.115. The van der Waals surface area contributed by atoms with Crippen LogP contribution >= 0.6 is 11.6 Å². The molecule has 0 spiro atoms. The van der Waals surface area contributed by atoms with Crippen LogP contribution < -0.4 is 28.3 Å². The van der Waals surface area contributed by atoms with Crippen molar-refractivity contribution in [3.8, 4) is 28.7 Å². The maximum atomic E-state index is 11.4. The maximum absolute atomic E-state index is 11.4. The minimum absolute atomic E-state index is 0. The van der Waals surface area contributed by atoms with Gasteiger partial charge in [0.15, 0.2) is 5.82 Å². The summed E-state index contributed by atoms with van der Waals surface area (Å²) in [6.07, 6.45) is 2.44. The quantitative estimate of drug-likeness (QED) is 0.289. The van der Waals surface area contributed by atoms with Gasteiger partial charge in [0.25, 0.3) is 0 Å². The Balaban J connectivity index is 0.000000734. The minimum Gasteiger partial charge on any atom is -0.477 e. The SMILES string of the molecule is CS(=O)(=O)Nc1cnc2cc(-c3ccc(Oc4cc(Cl)[c-]c(C#N)c4)cc3)ccc2n1.[CH2-]COC[CH2-].[Li+]. The summed E-state index contributed by atoms with van der Waals surface area (Å²) in [5.41, 5.74) is 3.36. The van der Waals surface area contributed by atoms with Crippen molar-refractivity contribution < 1.29 is 36.8 Å². The van der Waals surface area contributed by atoms with E-state index in [9.17, 15) is 8.42 Å². The molecule has 1 N–H and O–H groups in total. The predicted molar refractivity (Wildman–Crippen MR) is 140 cm³/mol. The van der Waals surface area contributed by atoms with Crippen LogP contribution in [0.4, 0.5) is 5.82 Å². The number of sulfonamides is 1. The average Bonchev–Trinajstić information content (AvgIpc) is 2.84. The van der Waals surface area contributed by atoms with Gasteiger partial charge in [0.1, 0.15) is 5.75 Å². The van der Waals surface area contributed by atoms with E-state index in [0.29, 0.717) is 46.3 Å². The van der Waals surface area contributed by atoms with Gasteiger partial charge in [-0.3, -0.25) is 15.0 Å². The van der Waals surface area contributed by atoms with Crippen LogP contribution in [0.1, 0.15) is 5.56 Å². The third-order valence-corrected chi connectivity index (χ3v) is 5.26. The fourth-order valence-electron chi connectivity index (χ4n) is 3.01. The number of rotatable bonds is 7. The topological polar surface area (TPSA) is 114 Å². The van der Waals surface area contributed by atoms with Gasteiger partial charge in [-0.15, -0.1) is 17.7 Å². The molecular weight excluding hydrogens is 507 g/mol. The van der Waals surface area contributed by atoms with Gasteiger partial charge >= 0.3 is 18.9 Å². The van der Waals surface area contributed by atoms with E-state index < -0.39 is 10.0 Å². The van der Waals surface area contributed by atoms with Crippen LogP contribution in [0.2, 0.25) is 5.02 Å². The Morgan fingerprint density at radius 3 is 2.30 bits per heavy atom. The molecule has 4 rings (SSSR count). The first-order valence-corrected chi connectivity index (χ1v) is 12.8. The molecule has 0 fully saturated rings. The molecule has 0 aliphatic rings. The molecule has 11 heteroatoms. The number of halogens is 1. The molecule has 37 heavy (non-hydrogen) atoms. The molecule has 1 heterocycles.